The van der Waals surface area contributed by atoms with E-state index in [-0.39, 0.29) is 5.91 Å². The number of aryl methyl sites for hydroxylation is 1. The highest BCUT2D eigenvalue weighted by Crippen LogP contribution is 2.45. The van der Waals surface area contributed by atoms with Crippen molar-refractivity contribution in [3.05, 3.63) is 45.6 Å². The zero-order chi connectivity index (χ0) is 22.6. The van der Waals surface area contributed by atoms with Crippen molar-refractivity contribution in [1.29, 1.82) is 0 Å². The highest BCUT2D eigenvalue weighted by Gasteiger charge is 2.44. The molecular formula is C24H26BrN3O3S. The third kappa shape index (κ3) is 3.23. The van der Waals surface area contributed by atoms with E-state index in [0.29, 0.717) is 18.8 Å². The Balaban J connectivity index is 1.69. The number of halogens is 1. The van der Waals surface area contributed by atoms with Gasteiger partial charge in [0.05, 0.1) is 39.3 Å². The topological polar surface area (TPSA) is 67.6 Å². The molecule has 32 heavy (non-hydrogen) atoms. The lowest BCUT2D eigenvalue weighted by Crippen LogP contribution is -2.52. The predicted molar refractivity (Wildman–Crippen MR) is 129 cm³/mol. The molecule has 0 radical (unpaired) electrons. The Morgan fingerprint density at radius 2 is 2.12 bits per heavy atom. The average molecular weight is 516 g/mol. The van der Waals surface area contributed by atoms with Crippen LogP contribution >= 0.6 is 27.3 Å². The quantitative estimate of drug-likeness (QED) is 0.531. The Hall–Kier alpha value is -2.16. The van der Waals surface area contributed by atoms with Gasteiger partial charge < -0.3 is 19.3 Å². The van der Waals surface area contributed by atoms with Gasteiger partial charge in [0.25, 0.3) is 5.91 Å². The Morgan fingerprint density at radius 3 is 2.81 bits per heavy atom. The number of methoxy groups -OCH3 is 1. The Bertz CT molecular complexity index is 1190. The number of rotatable bonds is 4. The molecule has 168 valence electrons. The van der Waals surface area contributed by atoms with Gasteiger partial charge in [-0.05, 0) is 72.8 Å². The third-order valence-corrected chi connectivity index (χ3v) is 8.50. The van der Waals surface area contributed by atoms with Crippen LogP contribution in [0.15, 0.2) is 34.4 Å². The van der Waals surface area contributed by atoms with Crippen LogP contribution in [0.3, 0.4) is 0 Å². The van der Waals surface area contributed by atoms with Crippen LogP contribution in [0, 0.1) is 0 Å². The van der Waals surface area contributed by atoms with Crippen LogP contribution in [0.5, 0.6) is 5.75 Å². The van der Waals surface area contributed by atoms with E-state index in [1.54, 1.807) is 25.4 Å². The van der Waals surface area contributed by atoms with Gasteiger partial charge in [0, 0.05) is 30.4 Å². The maximum atomic E-state index is 13.9. The van der Waals surface area contributed by atoms with Crippen LogP contribution in [0.2, 0.25) is 0 Å². The van der Waals surface area contributed by atoms with Crippen molar-refractivity contribution in [3.63, 3.8) is 0 Å². The lowest BCUT2D eigenvalue weighted by molar-refractivity contribution is 0.0145. The molecule has 2 atom stereocenters. The fourth-order valence-corrected chi connectivity index (χ4v) is 6.23. The summed E-state index contributed by atoms with van der Waals surface area (Å²) in [7, 11) is 1.67. The molecule has 1 amide bonds. The number of aliphatic hydroxyl groups excluding tert-OH is 1. The number of carbonyl (C=O) groups is 1. The number of nitrogens with zero attached hydrogens (tertiary/aromatic N) is 3. The molecule has 1 saturated heterocycles. The lowest BCUT2D eigenvalue weighted by atomic mass is 9.92. The minimum absolute atomic E-state index is 0.0149. The summed E-state index contributed by atoms with van der Waals surface area (Å²) >= 11 is 5.21. The number of likely N-dealkylation sites (tertiary alicyclic amines) is 1. The zero-order valence-corrected chi connectivity index (χ0v) is 20.8. The molecule has 0 saturated carbocycles. The molecule has 2 aliphatic heterocycles. The molecule has 0 spiro atoms. The molecule has 2 aliphatic rings. The molecule has 2 aromatic heterocycles. The van der Waals surface area contributed by atoms with E-state index in [0.717, 1.165) is 51.2 Å². The molecule has 0 bridgehead atoms. The van der Waals surface area contributed by atoms with Gasteiger partial charge in [-0.3, -0.25) is 9.78 Å². The highest BCUT2D eigenvalue weighted by molar-refractivity contribution is 9.10. The first-order valence-corrected chi connectivity index (χ1v) is 12.5. The maximum absolute atomic E-state index is 13.9. The van der Waals surface area contributed by atoms with Crippen molar-refractivity contribution in [2.45, 2.75) is 51.3 Å². The second-order valence-electron chi connectivity index (χ2n) is 8.80. The summed E-state index contributed by atoms with van der Waals surface area (Å²) in [6.45, 7) is 5.15. The van der Waals surface area contributed by atoms with Crippen molar-refractivity contribution in [2.75, 3.05) is 13.7 Å². The first-order chi connectivity index (χ1) is 15.3. The van der Waals surface area contributed by atoms with E-state index in [4.69, 9.17) is 4.74 Å². The lowest BCUT2D eigenvalue weighted by Gasteiger charge is -2.38. The van der Waals surface area contributed by atoms with Gasteiger partial charge in [0.2, 0.25) is 0 Å². The van der Waals surface area contributed by atoms with E-state index >= 15 is 0 Å². The Kier molecular flexibility index (Phi) is 5.42. The van der Waals surface area contributed by atoms with E-state index < -0.39 is 11.6 Å². The van der Waals surface area contributed by atoms with Gasteiger partial charge in [0.15, 0.2) is 0 Å². The number of aliphatic hydroxyl groups is 1. The van der Waals surface area contributed by atoms with Crippen LogP contribution in [0.25, 0.3) is 21.7 Å². The summed E-state index contributed by atoms with van der Waals surface area (Å²) in [4.78, 5) is 21.0. The number of benzene rings is 1. The van der Waals surface area contributed by atoms with Crippen molar-refractivity contribution in [2.24, 2.45) is 0 Å². The SMILES string of the molecule is COc1cc2c(cc1Br)-c1c(-c3cncs3)cc(C(=O)N3CCC[C@]3(C)[C@@H](C)O)n1CC2. The van der Waals surface area contributed by atoms with Gasteiger partial charge in [-0.15, -0.1) is 11.3 Å². The fraction of sp³-hybridized carbons (Fsp3) is 0.417. The van der Waals surface area contributed by atoms with Crippen LogP contribution < -0.4 is 4.74 Å². The van der Waals surface area contributed by atoms with E-state index in [2.05, 4.69) is 37.6 Å². The molecule has 3 aromatic rings. The smallest absolute Gasteiger partial charge is 0.271 e. The van der Waals surface area contributed by atoms with Crippen molar-refractivity contribution < 1.29 is 14.6 Å². The van der Waals surface area contributed by atoms with E-state index in [1.165, 1.54) is 5.56 Å². The number of fused-ring (bicyclic) bond motifs is 3. The van der Waals surface area contributed by atoms with Gasteiger partial charge >= 0.3 is 0 Å². The molecule has 5 rings (SSSR count). The van der Waals surface area contributed by atoms with Gasteiger partial charge in [-0.2, -0.15) is 0 Å². The predicted octanol–water partition coefficient (Wildman–Crippen LogP) is 4.98. The molecular weight excluding hydrogens is 490 g/mol. The van der Waals surface area contributed by atoms with E-state index in [1.807, 2.05) is 29.6 Å². The molecule has 1 N–H and O–H groups in total. The monoisotopic (exact) mass is 515 g/mol. The summed E-state index contributed by atoms with van der Waals surface area (Å²) in [5.74, 6) is 0.795. The zero-order valence-electron chi connectivity index (χ0n) is 18.4. The summed E-state index contributed by atoms with van der Waals surface area (Å²) in [6, 6.07) is 6.19. The minimum atomic E-state index is -0.588. The standard InChI is InChI=1S/C24H26BrN3O3S/c1-14(29)24(2)6-4-7-28(24)23(30)19-11-17(21-12-26-13-32-21)22-16-10-18(25)20(31-3)9-15(16)5-8-27(19)22/h9-14,29H,4-8H2,1-3H3/t14-,24-/m1/s1. The number of aromatic nitrogens is 2. The van der Waals surface area contributed by atoms with Gasteiger partial charge in [-0.1, -0.05) is 0 Å². The second kappa shape index (κ2) is 8.01. The summed E-state index contributed by atoms with van der Waals surface area (Å²) in [5.41, 5.74) is 6.32. The molecule has 4 heterocycles. The van der Waals surface area contributed by atoms with Crippen LogP contribution in [-0.4, -0.2) is 50.8 Å². The first kappa shape index (κ1) is 21.7. The van der Waals surface area contributed by atoms with Crippen LogP contribution in [0.4, 0.5) is 0 Å². The van der Waals surface area contributed by atoms with Gasteiger partial charge in [0.1, 0.15) is 11.4 Å². The van der Waals surface area contributed by atoms with Crippen molar-refractivity contribution >= 4 is 33.2 Å². The first-order valence-electron chi connectivity index (χ1n) is 10.8. The van der Waals surface area contributed by atoms with Crippen LogP contribution in [-0.2, 0) is 13.0 Å². The number of carbonyl (C=O) groups excluding carboxylic acids is 1. The summed E-state index contributed by atoms with van der Waals surface area (Å²) in [6.07, 6.45) is 3.79. The van der Waals surface area contributed by atoms with Crippen LogP contribution in [0.1, 0.15) is 42.7 Å². The summed E-state index contributed by atoms with van der Waals surface area (Å²) < 4.78 is 8.55. The summed E-state index contributed by atoms with van der Waals surface area (Å²) in [5, 5.41) is 10.5. The molecule has 0 unspecified atom stereocenters. The normalized spacial score (nSPS) is 20.7. The Labute approximate surface area is 200 Å². The maximum Gasteiger partial charge on any atom is 0.271 e. The Morgan fingerprint density at radius 1 is 1.31 bits per heavy atom. The number of hydrogen-bond acceptors (Lipinski definition) is 5. The largest absolute Gasteiger partial charge is 0.496 e. The molecule has 0 aliphatic carbocycles. The number of thiazole rings is 1. The molecule has 8 heteroatoms. The fourth-order valence-electron chi connectivity index (χ4n) is 5.09. The third-order valence-electron chi connectivity index (χ3n) is 7.08. The van der Waals surface area contributed by atoms with Crippen molar-refractivity contribution in [1.82, 2.24) is 14.5 Å². The highest BCUT2D eigenvalue weighted by atomic mass is 79.9. The number of amides is 1. The van der Waals surface area contributed by atoms with Gasteiger partial charge in [-0.25, -0.2) is 0 Å². The molecule has 1 aromatic carbocycles. The van der Waals surface area contributed by atoms with Crippen molar-refractivity contribution in [3.8, 4) is 27.4 Å². The average Bonchev–Trinajstić information content (AvgIpc) is 3.51. The van der Waals surface area contributed by atoms with E-state index in [9.17, 15) is 9.90 Å². The minimum Gasteiger partial charge on any atom is -0.496 e. The second-order valence-corrected chi connectivity index (χ2v) is 10.5. The molecule has 1 fully saturated rings. The number of hydrogen-bond donors (Lipinski definition) is 1. The molecule has 6 nitrogen and oxygen atoms in total. The number of ether oxygens (including phenoxy) is 1.